The summed E-state index contributed by atoms with van der Waals surface area (Å²) in [5.74, 6) is 1.50. The molecule has 0 spiro atoms. The summed E-state index contributed by atoms with van der Waals surface area (Å²) in [4.78, 5) is 1.25. The molecule has 0 radical (unpaired) electrons. The number of halogens is 1. The van der Waals surface area contributed by atoms with Crippen LogP contribution in [0.25, 0.3) is 0 Å². The maximum absolute atomic E-state index is 11.5. The Hall–Kier alpha value is -0.230. The van der Waals surface area contributed by atoms with Gasteiger partial charge in [-0.1, -0.05) is 18.5 Å². The van der Waals surface area contributed by atoms with Crippen molar-refractivity contribution in [1.29, 1.82) is 0 Å². The number of rotatable bonds is 5. The summed E-state index contributed by atoms with van der Waals surface area (Å²) < 4.78 is 23.1. The Balaban J connectivity index is 2.07. The first-order valence-electron chi connectivity index (χ1n) is 6.88. The van der Waals surface area contributed by atoms with Gasteiger partial charge in [0.15, 0.2) is 9.84 Å². The van der Waals surface area contributed by atoms with Gasteiger partial charge in [0, 0.05) is 28.3 Å². The first-order chi connectivity index (χ1) is 9.52. The molecule has 112 valence electrons. The fraction of sp³-hybridized carbons (Fsp3) is 0.571. The number of benzene rings is 1. The van der Waals surface area contributed by atoms with E-state index < -0.39 is 9.84 Å². The van der Waals surface area contributed by atoms with Gasteiger partial charge in [0.05, 0.1) is 5.75 Å². The van der Waals surface area contributed by atoms with Crippen LogP contribution in [0.2, 0.25) is 5.02 Å². The van der Waals surface area contributed by atoms with Crippen LogP contribution in [-0.4, -0.2) is 32.2 Å². The third-order valence-electron chi connectivity index (χ3n) is 3.49. The number of nitrogens with one attached hydrogen (secondary N) is 1. The standard InChI is InChI=1S/C14H20ClNO2S2/c1-2-20(17,18)9-7-16-13-4-3-8-19-14-6-5-11(15)10-12(13)14/h5-6,10,13,16H,2-4,7-9H2,1H3/t13-/m0/s1. The quantitative estimate of drug-likeness (QED) is 0.898. The van der Waals surface area contributed by atoms with E-state index in [4.69, 9.17) is 11.6 Å². The molecular formula is C14H20ClNO2S2. The van der Waals surface area contributed by atoms with E-state index in [1.165, 1.54) is 10.5 Å². The van der Waals surface area contributed by atoms with Crippen LogP contribution >= 0.6 is 23.4 Å². The lowest BCUT2D eigenvalue weighted by molar-refractivity contribution is 0.505. The molecule has 1 aliphatic rings. The van der Waals surface area contributed by atoms with Gasteiger partial charge in [0.2, 0.25) is 0 Å². The van der Waals surface area contributed by atoms with E-state index >= 15 is 0 Å². The second-order valence-corrected chi connectivity index (χ2v) is 8.96. The summed E-state index contributed by atoms with van der Waals surface area (Å²) in [7, 11) is -2.91. The van der Waals surface area contributed by atoms with Gasteiger partial charge >= 0.3 is 0 Å². The molecule has 1 aliphatic heterocycles. The van der Waals surface area contributed by atoms with Crippen molar-refractivity contribution in [1.82, 2.24) is 5.32 Å². The lowest BCUT2D eigenvalue weighted by atomic mass is 10.0. The van der Waals surface area contributed by atoms with Gasteiger partial charge in [-0.25, -0.2) is 8.42 Å². The van der Waals surface area contributed by atoms with Crippen molar-refractivity contribution in [3.05, 3.63) is 28.8 Å². The first-order valence-corrected chi connectivity index (χ1v) is 10.1. The second-order valence-electron chi connectivity index (χ2n) is 4.92. The van der Waals surface area contributed by atoms with Crippen LogP contribution in [0, 0.1) is 0 Å². The fourth-order valence-electron chi connectivity index (χ4n) is 2.29. The Bertz CT molecular complexity index is 560. The third kappa shape index (κ3) is 4.38. The Morgan fingerprint density at radius 3 is 3.00 bits per heavy atom. The Morgan fingerprint density at radius 1 is 1.45 bits per heavy atom. The van der Waals surface area contributed by atoms with Crippen LogP contribution in [0.4, 0.5) is 0 Å². The summed E-state index contributed by atoms with van der Waals surface area (Å²) in [5.41, 5.74) is 1.20. The van der Waals surface area contributed by atoms with Gasteiger partial charge in [0.1, 0.15) is 0 Å². The smallest absolute Gasteiger partial charge is 0.151 e. The fourth-order valence-corrected chi connectivity index (χ4v) is 4.25. The van der Waals surface area contributed by atoms with Crippen molar-refractivity contribution < 1.29 is 8.42 Å². The molecule has 3 nitrogen and oxygen atoms in total. The highest BCUT2D eigenvalue weighted by atomic mass is 35.5. The number of sulfone groups is 1. The average Bonchev–Trinajstić information content (AvgIpc) is 2.61. The normalized spacial score (nSPS) is 19.4. The van der Waals surface area contributed by atoms with Crippen molar-refractivity contribution in [2.75, 3.05) is 23.8 Å². The zero-order chi connectivity index (χ0) is 14.6. The summed E-state index contributed by atoms with van der Waals surface area (Å²) >= 11 is 7.94. The first kappa shape index (κ1) is 16.1. The monoisotopic (exact) mass is 333 g/mol. The molecule has 0 saturated heterocycles. The highest BCUT2D eigenvalue weighted by Crippen LogP contribution is 2.36. The lowest BCUT2D eigenvalue weighted by Crippen LogP contribution is -2.28. The molecule has 1 atom stereocenters. The Morgan fingerprint density at radius 2 is 2.25 bits per heavy atom. The molecular weight excluding hydrogens is 314 g/mol. The molecule has 1 aromatic rings. The topological polar surface area (TPSA) is 46.2 Å². The molecule has 0 saturated carbocycles. The summed E-state index contributed by atoms with van der Waals surface area (Å²) in [6, 6.07) is 6.18. The van der Waals surface area contributed by atoms with Crippen LogP contribution in [0.15, 0.2) is 23.1 Å². The molecule has 0 bridgehead atoms. The Kier molecular flexibility index (Phi) is 5.78. The Labute approximate surface area is 130 Å². The van der Waals surface area contributed by atoms with Crippen molar-refractivity contribution in [2.45, 2.75) is 30.7 Å². The molecule has 0 aromatic heterocycles. The van der Waals surface area contributed by atoms with Gasteiger partial charge in [-0.05, 0) is 42.4 Å². The van der Waals surface area contributed by atoms with E-state index in [1.807, 2.05) is 23.9 Å². The maximum atomic E-state index is 11.5. The minimum absolute atomic E-state index is 0.197. The van der Waals surface area contributed by atoms with E-state index in [2.05, 4.69) is 11.4 Å². The predicted octanol–water partition coefficient (Wildman–Crippen LogP) is 3.29. The van der Waals surface area contributed by atoms with Crippen molar-refractivity contribution >= 4 is 33.2 Å². The van der Waals surface area contributed by atoms with Crippen LogP contribution in [-0.2, 0) is 9.84 Å². The minimum atomic E-state index is -2.91. The second kappa shape index (κ2) is 7.16. The zero-order valence-corrected chi connectivity index (χ0v) is 14.0. The van der Waals surface area contributed by atoms with E-state index in [9.17, 15) is 8.42 Å². The minimum Gasteiger partial charge on any atom is -0.309 e. The predicted molar refractivity (Wildman–Crippen MR) is 86.5 cm³/mol. The number of hydrogen-bond acceptors (Lipinski definition) is 4. The molecule has 6 heteroatoms. The summed E-state index contributed by atoms with van der Waals surface area (Å²) in [6.07, 6.45) is 2.14. The van der Waals surface area contributed by atoms with E-state index in [1.54, 1.807) is 6.92 Å². The van der Waals surface area contributed by atoms with Crippen LogP contribution in [0.5, 0.6) is 0 Å². The van der Waals surface area contributed by atoms with E-state index in [0.29, 0.717) is 6.54 Å². The molecule has 1 aromatic carbocycles. The van der Waals surface area contributed by atoms with Gasteiger partial charge < -0.3 is 5.32 Å². The van der Waals surface area contributed by atoms with E-state index in [0.717, 1.165) is 23.6 Å². The van der Waals surface area contributed by atoms with Crippen molar-refractivity contribution in [2.24, 2.45) is 0 Å². The molecule has 0 aliphatic carbocycles. The highest BCUT2D eigenvalue weighted by Gasteiger charge is 2.19. The SMILES string of the molecule is CCS(=O)(=O)CCN[C@H]1CCCSc2ccc(Cl)cc21. The summed E-state index contributed by atoms with van der Waals surface area (Å²) in [6.45, 7) is 2.18. The van der Waals surface area contributed by atoms with Crippen LogP contribution in [0.1, 0.15) is 31.4 Å². The van der Waals surface area contributed by atoms with Crippen molar-refractivity contribution in [3.63, 3.8) is 0 Å². The van der Waals surface area contributed by atoms with Gasteiger partial charge in [-0.2, -0.15) is 0 Å². The molecule has 1 N–H and O–H groups in total. The van der Waals surface area contributed by atoms with Gasteiger partial charge in [0.25, 0.3) is 0 Å². The maximum Gasteiger partial charge on any atom is 0.151 e. The van der Waals surface area contributed by atoms with Gasteiger partial charge in [-0.15, -0.1) is 11.8 Å². The lowest BCUT2D eigenvalue weighted by Gasteiger charge is -2.19. The third-order valence-corrected chi connectivity index (χ3v) is 6.60. The molecule has 0 amide bonds. The highest BCUT2D eigenvalue weighted by molar-refractivity contribution is 7.99. The molecule has 0 unspecified atom stereocenters. The van der Waals surface area contributed by atoms with Gasteiger partial charge in [-0.3, -0.25) is 0 Å². The van der Waals surface area contributed by atoms with Crippen LogP contribution < -0.4 is 5.32 Å². The van der Waals surface area contributed by atoms with Crippen molar-refractivity contribution in [3.8, 4) is 0 Å². The number of fused-ring (bicyclic) bond motifs is 1. The largest absolute Gasteiger partial charge is 0.309 e. The number of hydrogen-bond donors (Lipinski definition) is 1. The molecule has 1 heterocycles. The van der Waals surface area contributed by atoms with E-state index in [-0.39, 0.29) is 17.5 Å². The van der Waals surface area contributed by atoms with Crippen LogP contribution in [0.3, 0.4) is 0 Å². The summed E-state index contributed by atoms with van der Waals surface area (Å²) in [5, 5.41) is 4.12. The molecule has 0 fully saturated rings. The molecule has 20 heavy (non-hydrogen) atoms. The average molecular weight is 334 g/mol. The number of thioether (sulfide) groups is 1. The molecule has 2 rings (SSSR count). The zero-order valence-electron chi connectivity index (χ0n) is 11.6.